The molecular formula is C14H15F2N3O2S. The zero-order valence-corrected chi connectivity index (χ0v) is 12.5. The Labute approximate surface area is 127 Å². The summed E-state index contributed by atoms with van der Waals surface area (Å²) in [5, 5.41) is 0.799. The number of para-hydroxylation sites is 1. The highest BCUT2D eigenvalue weighted by Crippen LogP contribution is 2.30. The molecule has 1 aromatic carbocycles. The molecule has 0 unspecified atom stereocenters. The minimum absolute atomic E-state index is 0.194. The van der Waals surface area contributed by atoms with Gasteiger partial charge in [0.2, 0.25) is 0 Å². The number of piperidine rings is 1. The third kappa shape index (κ3) is 3.02. The van der Waals surface area contributed by atoms with Crippen LogP contribution in [0.3, 0.4) is 0 Å². The van der Waals surface area contributed by atoms with Crippen LogP contribution in [0.15, 0.2) is 36.5 Å². The molecule has 8 heteroatoms. The van der Waals surface area contributed by atoms with Crippen LogP contribution in [0.4, 0.5) is 14.5 Å². The first kappa shape index (κ1) is 15.1. The fourth-order valence-electron chi connectivity index (χ4n) is 2.44. The molecule has 2 aromatic rings. The van der Waals surface area contributed by atoms with Crippen molar-refractivity contribution in [3.05, 3.63) is 36.5 Å². The molecule has 5 nitrogen and oxygen atoms in total. The Balaban J connectivity index is 1.85. The fourth-order valence-corrected chi connectivity index (χ4v) is 3.68. The molecule has 0 spiro atoms. The van der Waals surface area contributed by atoms with Gasteiger partial charge < -0.3 is 0 Å². The van der Waals surface area contributed by atoms with Crippen molar-refractivity contribution in [2.24, 2.45) is 0 Å². The molecule has 2 heterocycles. The summed E-state index contributed by atoms with van der Waals surface area (Å²) >= 11 is 0. The van der Waals surface area contributed by atoms with Gasteiger partial charge in [-0.1, -0.05) is 18.2 Å². The largest absolute Gasteiger partial charge is 0.301 e. The van der Waals surface area contributed by atoms with E-state index in [9.17, 15) is 17.2 Å². The predicted octanol–water partition coefficient (Wildman–Crippen LogP) is 2.62. The number of hydrogen-bond acceptors (Lipinski definition) is 3. The summed E-state index contributed by atoms with van der Waals surface area (Å²) < 4.78 is 54.5. The van der Waals surface area contributed by atoms with Crippen molar-refractivity contribution in [3.8, 4) is 0 Å². The summed E-state index contributed by atoms with van der Waals surface area (Å²) in [7, 11) is -3.87. The van der Waals surface area contributed by atoms with Crippen LogP contribution < -0.4 is 4.72 Å². The number of hydrogen-bond donors (Lipinski definition) is 1. The summed E-state index contributed by atoms with van der Waals surface area (Å²) in [6, 6.07) is 8.72. The first-order chi connectivity index (χ1) is 10.4. The Bertz CT molecular complexity index is 780. The van der Waals surface area contributed by atoms with Crippen molar-refractivity contribution in [1.29, 1.82) is 0 Å². The van der Waals surface area contributed by atoms with Crippen molar-refractivity contribution < 1.29 is 17.2 Å². The van der Waals surface area contributed by atoms with Gasteiger partial charge >= 0.3 is 10.2 Å². The van der Waals surface area contributed by atoms with E-state index in [2.05, 4.69) is 9.71 Å². The summed E-state index contributed by atoms with van der Waals surface area (Å²) in [6.07, 6.45) is 0.658. The molecule has 22 heavy (non-hydrogen) atoms. The molecule has 1 aromatic heterocycles. The van der Waals surface area contributed by atoms with Crippen LogP contribution in [0, 0.1) is 0 Å². The van der Waals surface area contributed by atoms with E-state index in [4.69, 9.17) is 0 Å². The number of fused-ring (bicyclic) bond motifs is 1. The molecular weight excluding hydrogens is 312 g/mol. The van der Waals surface area contributed by atoms with Gasteiger partial charge in [0.15, 0.2) is 0 Å². The lowest BCUT2D eigenvalue weighted by molar-refractivity contribution is -0.0411. The molecule has 1 N–H and O–H groups in total. The molecule has 0 atom stereocenters. The van der Waals surface area contributed by atoms with Crippen molar-refractivity contribution in [1.82, 2.24) is 9.29 Å². The van der Waals surface area contributed by atoms with Gasteiger partial charge in [0.05, 0.1) is 11.2 Å². The topological polar surface area (TPSA) is 62.3 Å². The van der Waals surface area contributed by atoms with E-state index in [1.165, 1.54) is 0 Å². The van der Waals surface area contributed by atoms with E-state index in [-0.39, 0.29) is 13.1 Å². The van der Waals surface area contributed by atoms with Gasteiger partial charge in [0.1, 0.15) is 0 Å². The van der Waals surface area contributed by atoms with Crippen LogP contribution in [-0.2, 0) is 10.2 Å². The zero-order chi connectivity index (χ0) is 15.8. The second-order valence-corrected chi connectivity index (χ2v) is 6.91. The molecule has 1 saturated heterocycles. The number of nitrogens with zero attached hydrogens (tertiary/aromatic N) is 2. The second kappa shape index (κ2) is 5.44. The van der Waals surface area contributed by atoms with Crippen molar-refractivity contribution in [2.45, 2.75) is 18.8 Å². The average molecular weight is 327 g/mol. The van der Waals surface area contributed by atoms with Crippen LogP contribution in [0.1, 0.15) is 12.8 Å². The van der Waals surface area contributed by atoms with Gasteiger partial charge in [-0.25, -0.2) is 8.78 Å². The Morgan fingerprint density at radius 3 is 2.55 bits per heavy atom. The Kier molecular flexibility index (Phi) is 3.73. The van der Waals surface area contributed by atoms with Gasteiger partial charge in [-0.15, -0.1) is 0 Å². The molecule has 0 amide bonds. The van der Waals surface area contributed by atoms with E-state index in [1.807, 2.05) is 12.1 Å². The first-order valence-electron chi connectivity index (χ1n) is 6.87. The normalized spacial score (nSPS) is 19.2. The van der Waals surface area contributed by atoms with E-state index < -0.39 is 29.0 Å². The molecule has 0 bridgehead atoms. The van der Waals surface area contributed by atoms with Crippen molar-refractivity contribution >= 4 is 26.8 Å². The van der Waals surface area contributed by atoms with Crippen LogP contribution in [0.25, 0.3) is 10.9 Å². The molecule has 1 aliphatic heterocycles. The fraction of sp³-hybridized carbons (Fsp3) is 0.357. The minimum atomic E-state index is -3.87. The number of anilines is 1. The first-order valence-corrected chi connectivity index (χ1v) is 8.31. The Hall–Kier alpha value is -1.80. The maximum absolute atomic E-state index is 13.1. The summed E-state index contributed by atoms with van der Waals surface area (Å²) in [6.45, 7) is -0.388. The molecule has 118 valence electrons. The van der Waals surface area contributed by atoms with E-state index in [1.54, 1.807) is 24.4 Å². The molecule has 0 aliphatic carbocycles. The van der Waals surface area contributed by atoms with Gasteiger partial charge in [-0.2, -0.15) is 12.7 Å². The number of pyridine rings is 1. The molecule has 1 aliphatic rings. The quantitative estimate of drug-likeness (QED) is 0.942. The van der Waals surface area contributed by atoms with Gasteiger partial charge in [-0.3, -0.25) is 9.71 Å². The third-order valence-electron chi connectivity index (χ3n) is 3.67. The monoisotopic (exact) mass is 327 g/mol. The van der Waals surface area contributed by atoms with Gasteiger partial charge in [0, 0.05) is 37.5 Å². The lowest BCUT2D eigenvalue weighted by Crippen LogP contribution is -2.45. The molecule has 0 saturated carbocycles. The van der Waals surface area contributed by atoms with Crippen LogP contribution >= 0.6 is 0 Å². The SMILES string of the molecule is O=S(=O)(Nc1cccc2cccnc12)N1CCC(F)(F)CC1. The number of benzene rings is 1. The van der Waals surface area contributed by atoms with Crippen LogP contribution in [0.2, 0.25) is 0 Å². The number of alkyl halides is 2. The van der Waals surface area contributed by atoms with Gasteiger partial charge in [0.25, 0.3) is 5.92 Å². The molecule has 1 fully saturated rings. The van der Waals surface area contributed by atoms with E-state index >= 15 is 0 Å². The highest BCUT2D eigenvalue weighted by molar-refractivity contribution is 7.90. The van der Waals surface area contributed by atoms with Crippen LogP contribution in [0.5, 0.6) is 0 Å². The Morgan fingerprint density at radius 1 is 1.14 bits per heavy atom. The average Bonchev–Trinajstić information content (AvgIpc) is 2.47. The number of aromatic nitrogens is 1. The molecule has 0 radical (unpaired) electrons. The summed E-state index contributed by atoms with van der Waals surface area (Å²) in [4.78, 5) is 4.17. The number of halogens is 2. The zero-order valence-electron chi connectivity index (χ0n) is 11.7. The van der Waals surface area contributed by atoms with Crippen LogP contribution in [-0.4, -0.2) is 36.7 Å². The van der Waals surface area contributed by atoms with E-state index in [0.29, 0.717) is 11.2 Å². The van der Waals surface area contributed by atoms with Crippen molar-refractivity contribution in [2.75, 3.05) is 17.8 Å². The summed E-state index contributed by atoms with van der Waals surface area (Å²) in [5.41, 5.74) is 0.867. The van der Waals surface area contributed by atoms with E-state index in [0.717, 1.165) is 9.69 Å². The van der Waals surface area contributed by atoms with Gasteiger partial charge in [-0.05, 0) is 12.1 Å². The summed E-state index contributed by atoms with van der Waals surface area (Å²) in [5.74, 6) is -2.78. The Morgan fingerprint density at radius 2 is 1.82 bits per heavy atom. The van der Waals surface area contributed by atoms with Crippen molar-refractivity contribution in [3.63, 3.8) is 0 Å². The maximum atomic E-state index is 13.1. The maximum Gasteiger partial charge on any atom is 0.301 e. The predicted molar refractivity (Wildman–Crippen MR) is 80.0 cm³/mol. The smallest absolute Gasteiger partial charge is 0.269 e. The molecule has 3 rings (SSSR count). The number of nitrogens with one attached hydrogen (secondary N) is 1. The second-order valence-electron chi connectivity index (χ2n) is 5.24. The highest BCUT2D eigenvalue weighted by atomic mass is 32.2. The number of rotatable bonds is 3. The minimum Gasteiger partial charge on any atom is -0.269 e. The standard InChI is InChI=1S/C14H15F2N3O2S/c15-14(16)6-9-19(10-7-14)22(20,21)18-12-5-1-3-11-4-2-8-17-13(11)12/h1-5,8,18H,6-7,9-10H2. The lowest BCUT2D eigenvalue weighted by atomic mass is 10.1. The third-order valence-corrected chi connectivity index (χ3v) is 5.19. The highest BCUT2D eigenvalue weighted by Gasteiger charge is 2.38. The lowest BCUT2D eigenvalue weighted by Gasteiger charge is -2.31.